The number of hydrogen-bond acceptors (Lipinski definition) is 6. The van der Waals surface area contributed by atoms with E-state index in [-0.39, 0.29) is 41.8 Å². The molecule has 0 aromatic carbocycles. The van der Waals surface area contributed by atoms with Crippen molar-refractivity contribution in [2.45, 2.75) is 47.2 Å². The SMILES string of the molecule is CC(C)CN(C(=O)CNC(C)c1ccccn1)c1c(N)n(CC(C)C)c(=O)[nH]c1=O. The second-order valence-electron chi connectivity index (χ2n) is 8.25. The molecule has 0 aliphatic carbocycles. The van der Waals surface area contributed by atoms with Gasteiger partial charge in [0.2, 0.25) is 5.91 Å². The van der Waals surface area contributed by atoms with Crippen LogP contribution < -0.4 is 27.2 Å². The number of nitrogens with zero attached hydrogens (tertiary/aromatic N) is 3. The number of H-pyrrole nitrogens is 1. The lowest BCUT2D eigenvalue weighted by molar-refractivity contribution is -0.118. The molecule has 30 heavy (non-hydrogen) atoms. The van der Waals surface area contributed by atoms with Crippen molar-refractivity contribution in [3.8, 4) is 0 Å². The number of nitrogens with one attached hydrogen (secondary N) is 2. The van der Waals surface area contributed by atoms with Gasteiger partial charge in [-0.15, -0.1) is 0 Å². The van der Waals surface area contributed by atoms with Gasteiger partial charge in [0.1, 0.15) is 5.82 Å². The molecule has 1 atom stereocenters. The van der Waals surface area contributed by atoms with Gasteiger partial charge in [0, 0.05) is 25.3 Å². The lowest BCUT2D eigenvalue weighted by Crippen LogP contribution is -2.46. The Balaban J connectivity index is 2.34. The van der Waals surface area contributed by atoms with Gasteiger partial charge in [0.25, 0.3) is 5.56 Å². The van der Waals surface area contributed by atoms with E-state index in [2.05, 4.69) is 15.3 Å². The highest BCUT2D eigenvalue weighted by Crippen LogP contribution is 2.19. The van der Waals surface area contributed by atoms with Crippen LogP contribution in [0.15, 0.2) is 34.0 Å². The predicted octanol–water partition coefficient (Wildman–Crippen LogP) is 1.51. The van der Waals surface area contributed by atoms with Gasteiger partial charge >= 0.3 is 5.69 Å². The fourth-order valence-corrected chi connectivity index (χ4v) is 3.14. The highest BCUT2D eigenvalue weighted by atomic mass is 16.2. The average molecular weight is 417 g/mol. The maximum atomic E-state index is 13.1. The molecule has 2 rings (SSSR count). The number of amides is 1. The van der Waals surface area contributed by atoms with Crippen LogP contribution in [-0.2, 0) is 11.3 Å². The summed E-state index contributed by atoms with van der Waals surface area (Å²) in [5.74, 6) is -0.0759. The zero-order chi connectivity index (χ0) is 22.4. The van der Waals surface area contributed by atoms with Crippen molar-refractivity contribution in [3.05, 3.63) is 50.9 Å². The van der Waals surface area contributed by atoms with Crippen molar-refractivity contribution in [3.63, 3.8) is 0 Å². The van der Waals surface area contributed by atoms with Gasteiger partial charge in [-0.2, -0.15) is 0 Å². The van der Waals surface area contributed by atoms with E-state index in [1.807, 2.05) is 52.8 Å². The van der Waals surface area contributed by atoms with Crippen LogP contribution in [-0.4, -0.2) is 33.5 Å². The maximum absolute atomic E-state index is 13.1. The smallest absolute Gasteiger partial charge is 0.330 e. The lowest BCUT2D eigenvalue weighted by atomic mass is 10.2. The van der Waals surface area contributed by atoms with Crippen molar-refractivity contribution in [1.29, 1.82) is 0 Å². The molecule has 1 unspecified atom stereocenters. The summed E-state index contributed by atoms with van der Waals surface area (Å²) in [4.78, 5) is 45.9. The largest absolute Gasteiger partial charge is 0.383 e. The summed E-state index contributed by atoms with van der Waals surface area (Å²) in [5.41, 5.74) is 5.80. The lowest BCUT2D eigenvalue weighted by Gasteiger charge is -2.27. The summed E-state index contributed by atoms with van der Waals surface area (Å²) in [7, 11) is 0. The van der Waals surface area contributed by atoms with Gasteiger partial charge in [0.05, 0.1) is 12.2 Å². The number of carbonyl (C=O) groups is 1. The summed E-state index contributed by atoms with van der Waals surface area (Å²) in [6, 6.07) is 5.43. The minimum absolute atomic E-state index is 0.00391. The number of nitrogens with two attached hydrogens (primary N) is 1. The minimum Gasteiger partial charge on any atom is -0.383 e. The number of aromatic amines is 1. The number of pyridine rings is 1. The molecule has 0 saturated heterocycles. The Morgan fingerprint density at radius 1 is 1.20 bits per heavy atom. The second kappa shape index (κ2) is 10.2. The van der Waals surface area contributed by atoms with Crippen LogP contribution in [0.25, 0.3) is 0 Å². The molecule has 0 saturated carbocycles. The fraction of sp³-hybridized carbons (Fsp3) is 0.524. The first-order valence-electron chi connectivity index (χ1n) is 10.2. The number of anilines is 2. The Hall–Kier alpha value is -2.94. The Bertz CT molecular complexity index is 965. The molecule has 0 fully saturated rings. The van der Waals surface area contributed by atoms with Crippen LogP contribution in [0.3, 0.4) is 0 Å². The molecular weight excluding hydrogens is 384 g/mol. The highest BCUT2D eigenvalue weighted by Gasteiger charge is 2.25. The topological polar surface area (TPSA) is 126 Å². The van der Waals surface area contributed by atoms with E-state index in [0.717, 1.165) is 5.69 Å². The van der Waals surface area contributed by atoms with E-state index in [4.69, 9.17) is 5.73 Å². The van der Waals surface area contributed by atoms with Gasteiger partial charge < -0.3 is 16.0 Å². The van der Waals surface area contributed by atoms with Gasteiger partial charge in [-0.25, -0.2) is 4.79 Å². The molecule has 9 heteroatoms. The number of aromatic nitrogens is 3. The van der Waals surface area contributed by atoms with Crippen LogP contribution in [0, 0.1) is 11.8 Å². The van der Waals surface area contributed by atoms with Gasteiger partial charge in [-0.3, -0.25) is 24.1 Å². The molecule has 4 N–H and O–H groups in total. The summed E-state index contributed by atoms with van der Waals surface area (Å²) >= 11 is 0. The molecular formula is C21H32N6O3. The second-order valence-corrected chi connectivity index (χ2v) is 8.25. The molecule has 2 heterocycles. The molecule has 2 aromatic rings. The zero-order valence-electron chi connectivity index (χ0n) is 18.3. The van der Waals surface area contributed by atoms with Gasteiger partial charge in [0.15, 0.2) is 5.69 Å². The summed E-state index contributed by atoms with van der Waals surface area (Å²) < 4.78 is 1.31. The van der Waals surface area contributed by atoms with E-state index in [1.165, 1.54) is 9.47 Å². The molecule has 164 valence electrons. The van der Waals surface area contributed by atoms with Gasteiger partial charge in [-0.1, -0.05) is 33.8 Å². The Labute approximate surface area is 176 Å². The van der Waals surface area contributed by atoms with Crippen LogP contribution in [0.5, 0.6) is 0 Å². The Morgan fingerprint density at radius 3 is 2.47 bits per heavy atom. The summed E-state index contributed by atoms with van der Waals surface area (Å²) in [6.45, 7) is 10.3. The molecule has 0 spiro atoms. The quantitative estimate of drug-likeness (QED) is 0.569. The third kappa shape index (κ3) is 5.79. The number of carbonyl (C=O) groups excluding carboxylic acids is 1. The molecule has 0 bridgehead atoms. The molecule has 0 radical (unpaired) electrons. The summed E-state index contributed by atoms with van der Waals surface area (Å²) in [5, 5.41) is 3.14. The first kappa shape index (κ1) is 23.3. The molecule has 0 aliphatic rings. The highest BCUT2D eigenvalue weighted by molar-refractivity contribution is 5.96. The van der Waals surface area contributed by atoms with Crippen molar-refractivity contribution < 1.29 is 4.79 Å². The van der Waals surface area contributed by atoms with E-state index < -0.39 is 11.2 Å². The van der Waals surface area contributed by atoms with E-state index in [0.29, 0.717) is 13.1 Å². The van der Waals surface area contributed by atoms with Crippen LogP contribution in [0.2, 0.25) is 0 Å². The van der Waals surface area contributed by atoms with Crippen LogP contribution in [0.1, 0.15) is 46.4 Å². The Morgan fingerprint density at radius 2 is 1.90 bits per heavy atom. The number of nitrogen functional groups attached to an aromatic ring is 1. The number of rotatable bonds is 9. The van der Waals surface area contributed by atoms with E-state index in [9.17, 15) is 14.4 Å². The first-order valence-corrected chi connectivity index (χ1v) is 10.2. The average Bonchev–Trinajstić information content (AvgIpc) is 2.68. The monoisotopic (exact) mass is 416 g/mol. The van der Waals surface area contributed by atoms with E-state index >= 15 is 0 Å². The van der Waals surface area contributed by atoms with Crippen molar-refractivity contribution in [1.82, 2.24) is 19.9 Å². The van der Waals surface area contributed by atoms with Crippen LogP contribution in [0.4, 0.5) is 11.5 Å². The van der Waals surface area contributed by atoms with Crippen molar-refractivity contribution in [2.24, 2.45) is 11.8 Å². The summed E-state index contributed by atoms with van der Waals surface area (Å²) in [6.07, 6.45) is 1.69. The van der Waals surface area contributed by atoms with Gasteiger partial charge in [-0.05, 0) is 30.9 Å². The normalized spacial score (nSPS) is 12.4. The third-order valence-electron chi connectivity index (χ3n) is 4.57. The molecule has 9 nitrogen and oxygen atoms in total. The van der Waals surface area contributed by atoms with E-state index in [1.54, 1.807) is 6.20 Å². The maximum Gasteiger partial charge on any atom is 0.330 e. The molecule has 0 aliphatic heterocycles. The molecule has 1 amide bonds. The minimum atomic E-state index is -0.663. The fourth-order valence-electron chi connectivity index (χ4n) is 3.14. The van der Waals surface area contributed by atoms with Crippen molar-refractivity contribution >= 4 is 17.4 Å². The Kier molecular flexibility index (Phi) is 7.93. The third-order valence-corrected chi connectivity index (χ3v) is 4.57. The molecule has 2 aromatic heterocycles. The van der Waals surface area contributed by atoms with Crippen molar-refractivity contribution in [2.75, 3.05) is 23.7 Å². The number of hydrogen-bond donors (Lipinski definition) is 3. The first-order chi connectivity index (χ1) is 14.1. The predicted molar refractivity (Wildman–Crippen MR) is 118 cm³/mol. The zero-order valence-corrected chi connectivity index (χ0v) is 18.3. The standard InChI is InChI=1S/C21H32N6O3/c1-13(2)11-26(17(28)10-24-15(5)16-8-6-7-9-23-16)18-19(22)27(12-14(3)4)21(30)25-20(18)29/h6-9,13-15,24H,10-12,22H2,1-5H3,(H,25,29,30). The van der Waals surface area contributed by atoms with Crippen LogP contribution >= 0.6 is 0 Å².